The summed E-state index contributed by atoms with van der Waals surface area (Å²) in [5.41, 5.74) is 2.63. The topological polar surface area (TPSA) is 71.8 Å². The third-order valence-corrected chi connectivity index (χ3v) is 5.25. The molecule has 1 aromatic heterocycles. The fourth-order valence-electron chi connectivity index (χ4n) is 3.96. The number of nitrogens with zero attached hydrogens (tertiary/aromatic N) is 3. The molecule has 2 aliphatic rings. The zero-order chi connectivity index (χ0) is 17.1. The second kappa shape index (κ2) is 7.25. The number of benzene rings is 1. The number of fused-ring (bicyclic) bond motifs is 2. The van der Waals surface area contributed by atoms with Gasteiger partial charge in [0.05, 0.1) is 6.04 Å². The molecule has 0 saturated carbocycles. The molecule has 2 heterocycles. The van der Waals surface area contributed by atoms with E-state index in [1.165, 1.54) is 17.5 Å². The molecule has 0 fully saturated rings. The van der Waals surface area contributed by atoms with Crippen molar-refractivity contribution in [3.05, 3.63) is 47.0 Å². The number of carbonyl (C=O) groups is 1. The molecule has 6 nitrogen and oxygen atoms in total. The zero-order valence-corrected chi connectivity index (χ0v) is 14.5. The zero-order valence-electron chi connectivity index (χ0n) is 14.5. The molecule has 0 saturated heterocycles. The number of rotatable bonds is 4. The van der Waals surface area contributed by atoms with Crippen LogP contribution in [0, 0.1) is 0 Å². The summed E-state index contributed by atoms with van der Waals surface area (Å²) in [6.07, 6.45) is 7.33. The SMILES string of the molecule is O=C(NCCc1nnc2n1CCC2)NC1CCCCc2ccccc21. The first-order valence-electron chi connectivity index (χ1n) is 9.34. The molecule has 25 heavy (non-hydrogen) atoms. The van der Waals surface area contributed by atoms with Gasteiger partial charge < -0.3 is 15.2 Å². The van der Waals surface area contributed by atoms with Gasteiger partial charge in [-0.2, -0.15) is 0 Å². The summed E-state index contributed by atoms with van der Waals surface area (Å²) in [7, 11) is 0. The van der Waals surface area contributed by atoms with Crippen LogP contribution in [0.3, 0.4) is 0 Å². The first kappa shape index (κ1) is 16.1. The molecule has 0 radical (unpaired) electrons. The number of urea groups is 1. The lowest BCUT2D eigenvalue weighted by Gasteiger charge is -2.19. The van der Waals surface area contributed by atoms with E-state index >= 15 is 0 Å². The van der Waals surface area contributed by atoms with Gasteiger partial charge in [0.15, 0.2) is 0 Å². The van der Waals surface area contributed by atoms with Crippen LogP contribution in [0.4, 0.5) is 4.79 Å². The molecule has 1 atom stereocenters. The van der Waals surface area contributed by atoms with Crippen LogP contribution in [0.15, 0.2) is 24.3 Å². The summed E-state index contributed by atoms with van der Waals surface area (Å²) >= 11 is 0. The lowest BCUT2D eigenvalue weighted by Crippen LogP contribution is -2.39. The van der Waals surface area contributed by atoms with E-state index in [1.54, 1.807) is 0 Å². The van der Waals surface area contributed by atoms with E-state index < -0.39 is 0 Å². The molecule has 2 N–H and O–H groups in total. The Kier molecular flexibility index (Phi) is 4.68. The first-order chi connectivity index (χ1) is 12.3. The minimum absolute atomic E-state index is 0.0946. The molecule has 0 bridgehead atoms. The molecular formula is C19H25N5O. The van der Waals surface area contributed by atoms with Crippen LogP contribution < -0.4 is 10.6 Å². The van der Waals surface area contributed by atoms with Crippen LogP contribution in [0.5, 0.6) is 0 Å². The van der Waals surface area contributed by atoms with Crippen LogP contribution in [0.1, 0.15) is 54.5 Å². The molecule has 1 unspecified atom stereocenters. The van der Waals surface area contributed by atoms with Crippen molar-refractivity contribution in [2.75, 3.05) is 6.54 Å². The van der Waals surface area contributed by atoms with E-state index in [9.17, 15) is 4.79 Å². The highest BCUT2D eigenvalue weighted by molar-refractivity contribution is 5.74. The Balaban J connectivity index is 1.31. The second-order valence-corrected chi connectivity index (χ2v) is 6.94. The lowest BCUT2D eigenvalue weighted by molar-refractivity contribution is 0.236. The molecule has 6 heteroatoms. The Labute approximate surface area is 148 Å². The first-order valence-corrected chi connectivity index (χ1v) is 9.34. The molecule has 1 aromatic carbocycles. The number of amides is 2. The summed E-state index contributed by atoms with van der Waals surface area (Å²) in [6.45, 7) is 1.58. The van der Waals surface area contributed by atoms with E-state index in [2.05, 4.69) is 49.7 Å². The average Bonchev–Trinajstić information content (AvgIpc) is 3.17. The molecule has 0 spiro atoms. The highest BCUT2D eigenvalue weighted by Gasteiger charge is 2.20. The Morgan fingerprint density at radius 1 is 1.16 bits per heavy atom. The summed E-state index contributed by atoms with van der Waals surface area (Å²) in [4.78, 5) is 12.3. The highest BCUT2D eigenvalue weighted by atomic mass is 16.2. The highest BCUT2D eigenvalue weighted by Crippen LogP contribution is 2.28. The maximum atomic E-state index is 12.3. The molecular weight excluding hydrogens is 314 g/mol. The molecule has 132 valence electrons. The van der Waals surface area contributed by atoms with Gasteiger partial charge in [0, 0.05) is 25.9 Å². The van der Waals surface area contributed by atoms with Crippen LogP contribution in [-0.4, -0.2) is 27.3 Å². The van der Waals surface area contributed by atoms with E-state index in [1.807, 2.05) is 0 Å². The maximum Gasteiger partial charge on any atom is 0.315 e. The molecule has 2 aromatic rings. The molecule has 1 aliphatic heterocycles. The van der Waals surface area contributed by atoms with Crippen molar-refractivity contribution < 1.29 is 4.79 Å². The largest absolute Gasteiger partial charge is 0.338 e. The molecule has 1 aliphatic carbocycles. The Morgan fingerprint density at radius 3 is 3.04 bits per heavy atom. The number of carbonyl (C=O) groups excluding carboxylic acids is 1. The van der Waals surface area contributed by atoms with Crippen molar-refractivity contribution in [1.29, 1.82) is 0 Å². The minimum Gasteiger partial charge on any atom is -0.338 e. The summed E-state index contributed by atoms with van der Waals surface area (Å²) in [6, 6.07) is 8.48. The fourth-order valence-corrected chi connectivity index (χ4v) is 3.96. The number of aryl methyl sites for hydroxylation is 2. The van der Waals surface area contributed by atoms with E-state index in [0.717, 1.165) is 56.7 Å². The smallest absolute Gasteiger partial charge is 0.315 e. The van der Waals surface area contributed by atoms with Gasteiger partial charge in [-0.25, -0.2) is 4.79 Å². The number of aromatic nitrogens is 3. The van der Waals surface area contributed by atoms with Crippen molar-refractivity contribution in [1.82, 2.24) is 25.4 Å². The van der Waals surface area contributed by atoms with E-state index in [0.29, 0.717) is 6.54 Å². The predicted octanol–water partition coefficient (Wildman–Crippen LogP) is 2.53. The number of hydrogen-bond acceptors (Lipinski definition) is 3. The summed E-state index contributed by atoms with van der Waals surface area (Å²) in [5.74, 6) is 2.06. The maximum absolute atomic E-state index is 12.3. The van der Waals surface area contributed by atoms with Crippen LogP contribution >= 0.6 is 0 Å². The van der Waals surface area contributed by atoms with Gasteiger partial charge in [-0.1, -0.05) is 30.7 Å². The van der Waals surface area contributed by atoms with Gasteiger partial charge >= 0.3 is 6.03 Å². The number of hydrogen-bond donors (Lipinski definition) is 2. The van der Waals surface area contributed by atoms with Crippen molar-refractivity contribution in [3.8, 4) is 0 Å². The average molecular weight is 339 g/mol. The second-order valence-electron chi connectivity index (χ2n) is 6.94. The van der Waals surface area contributed by atoms with Crippen LogP contribution in [-0.2, 0) is 25.8 Å². The van der Waals surface area contributed by atoms with Gasteiger partial charge in [-0.15, -0.1) is 10.2 Å². The van der Waals surface area contributed by atoms with Gasteiger partial charge in [0.1, 0.15) is 11.6 Å². The Hall–Kier alpha value is -2.37. The van der Waals surface area contributed by atoms with Gasteiger partial charge in [0.2, 0.25) is 0 Å². The quantitative estimate of drug-likeness (QED) is 0.841. The third-order valence-electron chi connectivity index (χ3n) is 5.25. The minimum atomic E-state index is -0.0946. The van der Waals surface area contributed by atoms with Crippen molar-refractivity contribution in [3.63, 3.8) is 0 Å². The number of nitrogens with one attached hydrogen (secondary N) is 2. The lowest BCUT2D eigenvalue weighted by atomic mass is 9.99. The van der Waals surface area contributed by atoms with Gasteiger partial charge in [-0.3, -0.25) is 0 Å². The van der Waals surface area contributed by atoms with Gasteiger partial charge in [0.25, 0.3) is 0 Å². The third kappa shape index (κ3) is 3.52. The standard InChI is InChI=1S/C19H25N5O/c25-19(20-12-11-18-23-22-17-10-5-13-24(17)18)21-16-9-4-2-7-14-6-1-3-8-15(14)16/h1,3,6,8,16H,2,4-5,7,9-13H2,(H2,20,21,25). The normalized spacial score (nSPS) is 19.0. The molecule has 4 rings (SSSR count). The fraction of sp³-hybridized carbons (Fsp3) is 0.526. The van der Waals surface area contributed by atoms with Crippen molar-refractivity contribution in [2.24, 2.45) is 0 Å². The van der Waals surface area contributed by atoms with Crippen LogP contribution in [0.25, 0.3) is 0 Å². The Bertz CT molecular complexity index is 754. The van der Waals surface area contributed by atoms with E-state index in [4.69, 9.17) is 0 Å². The van der Waals surface area contributed by atoms with Gasteiger partial charge in [-0.05, 0) is 36.8 Å². The van der Waals surface area contributed by atoms with Crippen molar-refractivity contribution >= 4 is 6.03 Å². The summed E-state index contributed by atoms with van der Waals surface area (Å²) < 4.78 is 2.18. The molecule has 2 amide bonds. The monoisotopic (exact) mass is 339 g/mol. The van der Waals surface area contributed by atoms with E-state index in [-0.39, 0.29) is 12.1 Å². The predicted molar refractivity (Wildman–Crippen MR) is 95.3 cm³/mol. The van der Waals surface area contributed by atoms with Crippen LogP contribution in [0.2, 0.25) is 0 Å². The van der Waals surface area contributed by atoms with Crippen molar-refractivity contribution in [2.45, 2.75) is 57.5 Å². The Morgan fingerprint density at radius 2 is 2.08 bits per heavy atom. The summed E-state index contributed by atoms with van der Waals surface area (Å²) in [5, 5.41) is 14.6.